The number of methoxy groups -OCH3 is 1. The van der Waals surface area contributed by atoms with Crippen molar-refractivity contribution < 1.29 is 9.53 Å². The molecule has 0 saturated carbocycles. The third kappa shape index (κ3) is 2.99. The number of hydrogen-bond acceptors (Lipinski definition) is 4. The van der Waals surface area contributed by atoms with Crippen molar-refractivity contribution in [3.63, 3.8) is 0 Å². The van der Waals surface area contributed by atoms with Crippen LogP contribution in [0.4, 0.5) is 5.69 Å². The number of hydrogen-bond donors (Lipinski definition) is 1. The van der Waals surface area contributed by atoms with Gasteiger partial charge in [0, 0.05) is 12.1 Å². The zero-order chi connectivity index (χ0) is 11.3. The highest BCUT2D eigenvalue weighted by atomic mass is 16.5. The number of carbonyl (C=O) groups is 1. The number of nitrogens with zero attached hydrogens (tertiary/aromatic N) is 1. The largest absolute Gasteiger partial charge is 0.469 e. The van der Waals surface area contributed by atoms with Crippen molar-refractivity contribution in [3.8, 4) is 6.07 Å². The summed E-state index contributed by atoms with van der Waals surface area (Å²) in [4.78, 5) is 10.9. The maximum absolute atomic E-state index is 10.9. The first-order valence-corrected chi connectivity index (χ1v) is 4.52. The van der Waals surface area contributed by atoms with E-state index in [4.69, 9.17) is 11.0 Å². The van der Waals surface area contributed by atoms with Crippen LogP contribution >= 0.6 is 0 Å². The molecule has 0 amide bonds. The van der Waals surface area contributed by atoms with Crippen LogP contribution in [0.25, 0.3) is 0 Å². The Balaban J connectivity index is 2.71. The minimum atomic E-state index is -0.265. The van der Waals surface area contributed by atoms with Crippen LogP contribution in [0.15, 0.2) is 18.2 Å². The molecule has 0 aromatic heterocycles. The van der Waals surface area contributed by atoms with E-state index in [-0.39, 0.29) is 5.97 Å². The minimum Gasteiger partial charge on any atom is -0.469 e. The van der Waals surface area contributed by atoms with Crippen molar-refractivity contribution in [2.24, 2.45) is 0 Å². The molecule has 0 radical (unpaired) electrons. The number of carbonyl (C=O) groups excluding carboxylic acids is 1. The summed E-state index contributed by atoms with van der Waals surface area (Å²) in [6.45, 7) is 0. The molecule has 0 aliphatic heterocycles. The van der Waals surface area contributed by atoms with Gasteiger partial charge >= 0.3 is 5.97 Å². The second-order valence-corrected chi connectivity index (χ2v) is 3.10. The predicted molar refractivity (Wildman–Crippen MR) is 55.9 cm³/mol. The van der Waals surface area contributed by atoms with Crippen LogP contribution in [0.3, 0.4) is 0 Å². The Morgan fingerprint density at radius 3 is 2.87 bits per heavy atom. The lowest BCUT2D eigenvalue weighted by molar-refractivity contribution is -0.140. The highest BCUT2D eigenvalue weighted by Gasteiger charge is 2.04. The van der Waals surface area contributed by atoms with E-state index in [1.807, 2.05) is 6.07 Å². The molecular formula is C11H12N2O2. The fraction of sp³-hybridized carbons (Fsp3) is 0.273. The quantitative estimate of drug-likeness (QED) is 0.593. The molecule has 78 valence electrons. The summed E-state index contributed by atoms with van der Waals surface area (Å²) in [5.41, 5.74) is 7.64. The zero-order valence-electron chi connectivity index (χ0n) is 8.49. The maximum atomic E-state index is 10.9. The fourth-order valence-corrected chi connectivity index (χ4v) is 1.23. The van der Waals surface area contributed by atoms with Crippen molar-refractivity contribution in [2.45, 2.75) is 12.8 Å². The lowest BCUT2D eigenvalue weighted by Gasteiger charge is -2.04. The Labute approximate surface area is 88.3 Å². The van der Waals surface area contributed by atoms with E-state index in [9.17, 15) is 4.79 Å². The van der Waals surface area contributed by atoms with Gasteiger partial charge in [0.2, 0.25) is 0 Å². The second-order valence-electron chi connectivity index (χ2n) is 3.10. The zero-order valence-corrected chi connectivity index (χ0v) is 8.49. The molecule has 1 aromatic carbocycles. The molecule has 0 fully saturated rings. The van der Waals surface area contributed by atoms with Gasteiger partial charge in [-0.15, -0.1) is 0 Å². The van der Waals surface area contributed by atoms with Gasteiger partial charge in [0.1, 0.15) is 0 Å². The van der Waals surface area contributed by atoms with Crippen LogP contribution in [-0.2, 0) is 16.0 Å². The first kappa shape index (κ1) is 11.1. The molecule has 1 rings (SSSR count). The first-order valence-electron chi connectivity index (χ1n) is 4.52. The monoisotopic (exact) mass is 204 g/mol. The number of nitriles is 1. The number of rotatable bonds is 3. The van der Waals surface area contributed by atoms with Gasteiger partial charge in [-0.3, -0.25) is 4.79 Å². The van der Waals surface area contributed by atoms with Gasteiger partial charge in [-0.2, -0.15) is 5.26 Å². The Hall–Kier alpha value is -2.02. The van der Waals surface area contributed by atoms with E-state index in [2.05, 4.69) is 4.74 Å². The molecule has 0 unspecified atom stereocenters. The lowest BCUT2D eigenvalue weighted by Crippen LogP contribution is -2.03. The molecule has 15 heavy (non-hydrogen) atoms. The van der Waals surface area contributed by atoms with Crippen molar-refractivity contribution >= 4 is 11.7 Å². The van der Waals surface area contributed by atoms with Crippen LogP contribution in [0, 0.1) is 11.3 Å². The van der Waals surface area contributed by atoms with Gasteiger partial charge in [-0.1, -0.05) is 6.07 Å². The maximum Gasteiger partial charge on any atom is 0.305 e. The minimum absolute atomic E-state index is 0.265. The van der Waals surface area contributed by atoms with Gasteiger partial charge in [0.15, 0.2) is 0 Å². The first-order chi connectivity index (χ1) is 7.17. The fourth-order valence-electron chi connectivity index (χ4n) is 1.23. The molecule has 4 heteroatoms. The van der Waals surface area contributed by atoms with Crippen LogP contribution in [-0.4, -0.2) is 13.1 Å². The summed E-state index contributed by atoms with van der Waals surface area (Å²) in [7, 11) is 1.35. The number of ether oxygens (including phenoxy) is 1. The van der Waals surface area contributed by atoms with Gasteiger partial charge in [-0.05, 0) is 24.1 Å². The van der Waals surface area contributed by atoms with Gasteiger partial charge in [0.05, 0.1) is 18.7 Å². The number of nitrogen functional groups attached to an aromatic ring is 1. The number of aryl methyl sites for hydroxylation is 1. The van der Waals surface area contributed by atoms with Crippen LogP contribution in [0.2, 0.25) is 0 Å². The van der Waals surface area contributed by atoms with Gasteiger partial charge < -0.3 is 10.5 Å². The summed E-state index contributed by atoms with van der Waals surface area (Å²) in [5.74, 6) is -0.265. The molecule has 0 atom stereocenters. The van der Waals surface area contributed by atoms with E-state index in [0.717, 1.165) is 5.56 Å². The molecule has 0 saturated heterocycles. The van der Waals surface area contributed by atoms with Gasteiger partial charge in [-0.25, -0.2) is 0 Å². The van der Waals surface area contributed by atoms with Crippen molar-refractivity contribution in [3.05, 3.63) is 29.3 Å². The second kappa shape index (κ2) is 5.01. The van der Waals surface area contributed by atoms with Gasteiger partial charge in [0.25, 0.3) is 0 Å². The summed E-state index contributed by atoms with van der Waals surface area (Å²) in [6.07, 6.45) is 0.830. The molecule has 0 bridgehead atoms. The van der Waals surface area contributed by atoms with Crippen molar-refractivity contribution in [1.29, 1.82) is 5.26 Å². The molecule has 2 N–H and O–H groups in total. The molecular weight excluding hydrogens is 192 g/mol. The number of benzene rings is 1. The van der Waals surface area contributed by atoms with Crippen LogP contribution < -0.4 is 5.73 Å². The number of esters is 1. The number of anilines is 1. The third-order valence-electron chi connectivity index (χ3n) is 2.10. The van der Waals surface area contributed by atoms with E-state index in [1.165, 1.54) is 7.11 Å². The summed E-state index contributed by atoms with van der Waals surface area (Å²) >= 11 is 0. The van der Waals surface area contributed by atoms with Crippen molar-refractivity contribution in [1.82, 2.24) is 0 Å². The standard InChI is InChI=1S/C11H12N2O2/c1-15-11(14)5-4-9-3-2-8(7-12)6-10(9)13/h2-3,6H,4-5,13H2,1H3. The van der Waals surface area contributed by atoms with Crippen LogP contribution in [0.1, 0.15) is 17.5 Å². The Morgan fingerprint density at radius 1 is 1.60 bits per heavy atom. The Kier molecular flexibility index (Phi) is 3.69. The lowest BCUT2D eigenvalue weighted by atomic mass is 10.1. The summed E-state index contributed by atoms with van der Waals surface area (Å²) in [6, 6.07) is 7.05. The average Bonchev–Trinajstić information content (AvgIpc) is 2.26. The van der Waals surface area contributed by atoms with Crippen molar-refractivity contribution in [2.75, 3.05) is 12.8 Å². The molecule has 0 aliphatic rings. The smallest absolute Gasteiger partial charge is 0.305 e. The highest BCUT2D eigenvalue weighted by molar-refractivity contribution is 5.70. The number of nitrogens with two attached hydrogens (primary N) is 1. The Morgan fingerprint density at radius 2 is 2.33 bits per heavy atom. The van der Waals surface area contributed by atoms with E-state index in [1.54, 1.807) is 18.2 Å². The molecule has 0 spiro atoms. The van der Waals surface area contributed by atoms with E-state index >= 15 is 0 Å². The highest BCUT2D eigenvalue weighted by Crippen LogP contribution is 2.15. The SMILES string of the molecule is COC(=O)CCc1ccc(C#N)cc1N. The molecule has 1 aromatic rings. The van der Waals surface area contributed by atoms with E-state index in [0.29, 0.717) is 24.1 Å². The van der Waals surface area contributed by atoms with Crippen LogP contribution in [0.5, 0.6) is 0 Å². The predicted octanol–water partition coefficient (Wildman–Crippen LogP) is 1.25. The third-order valence-corrected chi connectivity index (χ3v) is 2.10. The average molecular weight is 204 g/mol. The summed E-state index contributed by atoms with van der Waals surface area (Å²) < 4.78 is 4.52. The van der Waals surface area contributed by atoms with E-state index < -0.39 is 0 Å². The molecule has 0 heterocycles. The summed E-state index contributed by atoms with van der Waals surface area (Å²) in [5, 5.41) is 8.63. The topological polar surface area (TPSA) is 76.1 Å². The normalized spacial score (nSPS) is 9.33. The Bertz CT molecular complexity index is 408. The molecule has 4 nitrogen and oxygen atoms in total. The molecule has 0 aliphatic carbocycles.